The van der Waals surface area contributed by atoms with E-state index in [4.69, 9.17) is 30.5 Å². The number of carbonyl (C=O) groups excluding carboxylic acids is 1. The Morgan fingerprint density at radius 3 is 2.60 bits per heavy atom. The Morgan fingerprint density at radius 2 is 1.91 bits per heavy atom. The Labute approximate surface area is 203 Å². The van der Waals surface area contributed by atoms with E-state index in [-0.39, 0.29) is 17.9 Å². The molecule has 6 atom stereocenters. The Balaban J connectivity index is 1.50. The van der Waals surface area contributed by atoms with Crippen molar-refractivity contribution in [1.29, 1.82) is 0 Å². The number of rotatable bonds is 4. The molecule has 9 nitrogen and oxygen atoms in total. The number of hydrogen-bond acceptors (Lipinski definition) is 8. The highest BCUT2D eigenvalue weighted by molar-refractivity contribution is 6.31. The maximum Gasteiger partial charge on any atom is 0.337 e. The number of halogens is 3. The second kappa shape index (κ2) is 9.59. The molecular weight excluding hydrogens is 488 g/mol. The van der Waals surface area contributed by atoms with Crippen LogP contribution < -0.4 is 0 Å². The van der Waals surface area contributed by atoms with E-state index in [0.29, 0.717) is 0 Å². The Kier molecular flexibility index (Phi) is 6.51. The summed E-state index contributed by atoms with van der Waals surface area (Å²) < 4.78 is 51.8. The van der Waals surface area contributed by atoms with Gasteiger partial charge < -0.3 is 24.1 Å². The summed E-state index contributed by atoms with van der Waals surface area (Å²) in [6, 6.07) is 10.3. The van der Waals surface area contributed by atoms with Gasteiger partial charge in [0, 0.05) is 11.1 Å². The molecule has 3 aromatic rings. The standard InChI is InChI=1S/C23H20ClF2N3O6/c1-32-22(31)21-19(30)18(20-16(34-21)10-33-23(35-20)11-5-3-2-4-6-11)29-9-15(27-28-29)12-7-13(25)17(24)14(26)8-12/h2-9,16,18-21,23,30H,10H2,1H3/t16-,18-,19-,20+,21-,23+/m1/s1. The number of nitrogens with zero attached hydrogens (tertiary/aromatic N) is 3. The molecule has 1 aromatic heterocycles. The number of esters is 1. The van der Waals surface area contributed by atoms with Crippen molar-refractivity contribution in [2.75, 3.05) is 13.7 Å². The molecule has 2 fully saturated rings. The van der Waals surface area contributed by atoms with E-state index in [1.807, 2.05) is 30.3 Å². The monoisotopic (exact) mass is 507 g/mol. The average Bonchev–Trinajstić information content (AvgIpc) is 3.36. The number of benzene rings is 2. The largest absolute Gasteiger partial charge is 0.467 e. The number of aromatic nitrogens is 3. The lowest BCUT2D eigenvalue weighted by atomic mass is 9.91. The van der Waals surface area contributed by atoms with Crippen LogP contribution in [0.5, 0.6) is 0 Å². The molecule has 2 saturated heterocycles. The molecule has 2 aliphatic heterocycles. The zero-order valence-corrected chi connectivity index (χ0v) is 19.0. The zero-order valence-electron chi connectivity index (χ0n) is 18.3. The number of aliphatic hydroxyl groups is 1. The summed E-state index contributed by atoms with van der Waals surface area (Å²) in [4.78, 5) is 12.3. The van der Waals surface area contributed by atoms with Gasteiger partial charge in [-0.3, -0.25) is 0 Å². The van der Waals surface area contributed by atoms with Crippen molar-refractivity contribution in [3.63, 3.8) is 0 Å². The lowest BCUT2D eigenvalue weighted by Gasteiger charge is -2.47. The van der Waals surface area contributed by atoms with Crippen molar-refractivity contribution in [1.82, 2.24) is 15.0 Å². The van der Waals surface area contributed by atoms with Crippen molar-refractivity contribution in [3.05, 3.63) is 70.9 Å². The van der Waals surface area contributed by atoms with Gasteiger partial charge in [0.2, 0.25) is 0 Å². The smallest absolute Gasteiger partial charge is 0.337 e. The number of carbonyl (C=O) groups is 1. The fourth-order valence-electron chi connectivity index (χ4n) is 4.27. The van der Waals surface area contributed by atoms with Crippen LogP contribution in [0.3, 0.4) is 0 Å². The normalized spacial score (nSPS) is 28.4. The summed E-state index contributed by atoms with van der Waals surface area (Å²) in [6.07, 6.45) is -3.70. The molecule has 1 N–H and O–H groups in total. The van der Waals surface area contributed by atoms with E-state index < -0.39 is 59.4 Å². The third-order valence-electron chi connectivity index (χ3n) is 5.98. The van der Waals surface area contributed by atoms with Crippen LogP contribution in [-0.2, 0) is 23.7 Å². The molecule has 184 valence electrons. The van der Waals surface area contributed by atoms with Gasteiger partial charge in [-0.05, 0) is 12.1 Å². The Bertz CT molecular complexity index is 1210. The van der Waals surface area contributed by atoms with Crippen LogP contribution in [0.2, 0.25) is 5.02 Å². The van der Waals surface area contributed by atoms with Gasteiger partial charge in [-0.15, -0.1) is 5.10 Å². The van der Waals surface area contributed by atoms with E-state index in [2.05, 4.69) is 10.3 Å². The molecule has 0 saturated carbocycles. The molecule has 35 heavy (non-hydrogen) atoms. The maximum atomic E-state index is 14.0. The van der Waals surface area contributed by atoms with Crippen LogP contribution in [0.1, 0.15) is 17.9 Å². The van der Waals surface area contributed by atoms with E-state index >= 15 is 0 Å². The molecule has 12 heteroatoms. The number of methoxy groups -OCH3 is 1. The fourth-order valence-corrected chi connectivity index (χ4v) is 4.38. The van der Waals surface area contributed by atoms with Gasteiger partial charge in [0.25, 0.3) is 0 Å². The van der Waals surface area contributed by atoms with Crippen molar-refractivity contribution in [2.24, 2.45) is 0 Å². The maximum absolute atomic E-state index is 14.0. The molecule has 0 amide bonds. The van der Waals surface area contributed by atoms with E-state index in [9.17, 15) is 18.7 Å². The van der Waals surface area contributed by atoms with Gasteiger partial charge >= 0.3 is 5.97 Å². The topological polar surface area (TPSA) is 105 Å². The van der Waals surface area contributed by atoms with Crippen molar-refractivity contribution in [2.45, 2.75) is 36.7 Å². The Hall–Kier alpha value is -2.96. The van der Waals surface area contributed by atoms with E-state index in [1.54, 1.807) is 0 Å². The summed E-state index contributed by atoms with van der Waals surface area (Å²) in [6.45, 7) is 0.0656. The molecule has 2 aromatic carbocycles. The first-order valence-electron chi connectivity index (χ1n) is 10.7. The minimum atomic E-state index is -1.44. The highest BCUT2D eigenvalue weighted by Gasteiger charge is 2.53. The molecule has 0 aliphatic carbocycles. The van der Waals surface area contributed by atoms with Crippen LogP contribution in [0.4, 0.5) is 8.78 Å². The minimum Gasteiger partial charge on any atom is -0.467 e. The highest BCUT2D eigenvalue weighted by Crippen LogP contribution is 2.39. The lowest BCUT2D eigenvalue weighted by molar-refractivity contribution is -0.314. The fraction of sp³-hybridized carbons (Fsp3) is 0.348. The van der Waals surface area contributed by atoms with Gasteiger partial charge in [-0.2, -0.15) is 0 Å². The molecule has 3 heterocycles. The first kappa shape index (κ1) is 23.8. The molecule has 0 radical (unpaired) electrons. The highest BCUT2D eigenvalue weighted by atomic mass is 35.5. The average molecular weight is 508 g/mol. The summed E-state index contributed by atoms with van der Waals surface area (Å²) in [5.74, 6) is -2.69. The van der Waals surface area contributed by atoms with Crippen LogP contribution in [-0.4, -0.2) is 64.2 Å². The van der Waals surface area contributed by atoms with Crippen molar-refractivity contribution in [3.8, 4) is 11.3 Å². The molecular formula is C23H20ClF2N3O6. The molecule has 5 rings (SSSR count). The van der Waals surface area contributed by atoms with Crippen LogP contribution in [0.25, 0.3) is 11.3 Å². The van der Waals surface area contributed by atoms with E-state index in [1.165, 1.54) is 18.0 Å². The number of ether oxygens (including phenoxy) is 4. The van der Waals surface area contributed by atoms with Crippen molar-refractivity contribution < 1.29 is 37.6 Å². The third-order valence-corrected chi connectivity index (χ3v) is 6.34. The summed E-state index contributed by atoms with van der Waals surface area (Å²) in [5, 5.41) is 18.5. The number of fused-ring (bicyclic) bond motifs is 1. The number of aliphatic hydroxyl groups excluding tert-OH is 1. The van der Waals surface area contributed by atoms with Gasteiger partial charge in [0.1, 0.15) is 46.7 Å². The summed E-state index contributed by atoms with van der Waals surface area (Å²) in [5.41, 5.74) is 0.963. The first-order chi connectivity index (χ1) is 16.9. The van der Waals surface area contributed by atoms with Crippen LogP contribution >= 0.6 is 11.6 Å². The zero-order chi connectivity index (χ0) is 24.7. The molecule has 0 unspecified atom stereocenters. The van der Waals surface area contributed by atoms with Gasteiger partial charge in [-0.25, -0.2) is 18.3 Å². The second-order valence-corrected chi connectivity index (χ2v) is 8.49. The van der Waals surface area contributed by atoms with Crippen molar-refractivity contribution >= 4 is 17.6 Å². The first-order valence-corrected chi connectivity index (χ1v) is 11.0. The molecule has 2 aliphatic rings. The van der Waals surface area contributed by atoms with Crippen LogP contribution in [0, 0.1) is 11.6 Å². The SMILES string of the molecule is COC(=O)[C@@H]1O[C@@H]2CO[C@H](c3ccccc3)O[C@@H]2[C@H](n2cc(-c3cc(F)c(Cl)c(F)c3)nn2)[C@H]1O. The molecule has 0 bridgehead atoms. The third kappa shape index (κ3) is 4.41. The summed E-state index contributed by atoms with van der Waals surface area (Å²) in [7, 11) is 1.18. The minimum absolute atomic E-state index is 0.0656. The van der Waals surface area contributed by atoms with Crippen LogP contribution in [0.15, 0.2) is 48.7 Å². The predicted octanol–water partition coefficient (Wildman–Crippen LogP) is 2.83. The van der Waals surface area contributed by atoms with Gasteiger partial charge in [0.05, 0.1) is 19.9 Å². The number of hydrogen-bond donors (Lipinski definition) is 1. The summed E-state index contributed by atoms with van der Waals surface area (Å²) >= 11 is 5.57. The predicted molar refractivity (Wildman–Crippen MR) is 116 cm³/mol. The Morgan fingerprint density at radius 1 is 1.20 bits per heavy atom. The van der Waals surface area contributed by atoms with Gasteiger partial charge in [0.15, 0.2) is 12.4 Å². The lowest BCUT2D eigenvalue weighted by Crippen LogP contribution is -2.61. The van der Waals surface area contributed by atoms with E-state index in [0.717, 1.165) is 17.7 Å². The quantitative estimate of drug-likeness (QED) is 0.424. The second-order valence-electron chi connectivity index (χ2n) is 8.11. The molecule has 0 spiro atoms. The van der Waals surface area contributed by atoms with Gasteiger partial charge in [-0.1, -0.05) is 47.1 Å².